The van der Waals surface area contributed by atoms with Crippen molar-refractivity contribution in [1.29, 1.82) is 0 Å². The van der Waals surface area contributed by atoms with Crippen molar-refractivity contribution in [2.75, 3.05) is 18.8 Å². The fraction of sp³-hybridized carbons (Fsp3) is 0.583. The lowest BCUT2D eigenvalue weighted by Crippen LogP contribution is -2.32. The molecule has 0 unspecified atom stereocenters. The molecule has 0 aliphatic carbocycles. The summed E-state index contributed by atoms with van der Waals surface area (Å²) in [6.07, 6.45) is 1.14. The zero-order valence-corrected chi connectivity index (χ0v) is 11.6. The smallest absolute Gasteiger partial charge is 0.271 e. The molecule has 106 valence electrons. The van der Waals surface area contributed by atoms with Gasteiger partial charge in [0.25, 0.3) is 5.91 Å². The van der Waals surface area contributed by atoms with Gasteiger partial charge in [-0.05, 0) is 13.3 Å². The van der Waals surface area contributed by atoms with Crippen LogP contribution in [0.4, 0.5) is 5.69 Å². The van der Waals surface area contributed by atoms with Gasteiger partial charge in [-0.3, -0.25) is 14.3 Å². The fourth-order valence-corrected chi connectivity index (χ4v) is 1.67. The molecule has 0 saturated carbocycles. The van der Waals surface area contributed by atoms with Gasteiger partial charge in [0.1, 0.15) is 5.69 Å². The molecule has 19 heavy (non-hydrogen) atoms. The first-order chi connectivity index (χ1) is 8.97. The quantitative estimate of drug-likeness (QED) is 0.673. The molecule has 0 radical (unpaired) electrons. The maximum absolute atomic E-state index is 11.9. The average molecular weight is 267 g/mol. The normalized spacial score (nSPS) is 10.3. The van der Waals surface area contributed by atoms with Crippen LogP contribution in [0.15, 0.2) is 0 Å². The van der Waals surface area contributed by atoms with Crippen LogP contribution in [0.2, 0.25) is 0 Å². The minimum absolute atomic E-state index is 0.0729. The summed E-state index contributed by atoms with van der Waals surface area (Å²) in [5.41, 5.74) is 7.09. The second-order valence-electron chi connectivity index (χ2n) is 4.33. The van der Waals surface area contributed by atoms with Crippen molar-refractivity contribution in [3.8, 4) is 0 Å². The van der Waals surface area contributed by atoms with E-state index in [-0.39, 0.29) is 24.8 Å². The Hall–Kier alpha value is -2.05. The van der Waals surface area contributed by atoms with Crippen molar-refractivity contribution in [1.82, 2.24) is 20.4 Å². The van der Waals surface area contributed by atoms with Crippen LogP contribution < -0.4 is 16.4 Å². The first-order valence-corrected chi connectivity index (χ1v) is 6.31. The molecule has 2 amide bonds. The third-order valence-corrected chi connectivity index (χ3v) is 2.69. The van der Waals surface area contributed by atoms with Crippen molar-refractivity contribution in [3.63, 3.8) is 0 Å². The Labute approximate surface area is 112 Å². The maximum Gasteiger partial charge on any atom is 0.271 e. The molecule has 0 aliphatic heterocycles. The van der Waals surface area contributed by atoms with Crippen LogP contribution in [-0.4, -0.2) is 34.7 Å². The lowest BCUT2D eigenvalue weighted by Gasteiger charge is -2.06. The third kappa shape index (κ3) is 3.97. The molecule has 0 saturated heterocycles. The van der Waals surface area contributed by atoms with E-state index in [1.165, 1.54) is 4.68 Å². The van der Waals surface area contributed by atoms with Crippen LogP contribution in [0.5, 0.6) is 0 Å². The Balaban J connectivity index is 2.46. The topological polar surface area (TPSA) is 102 Å². The monoisotopic (exact) mass is 267 g/mol. The highest BCUT2D eigenvalue weighted by atomic mass is 16.2. The van der Waals surface area contributed by atoms with Gasteiger partial charge in [0.05, 0.1) is 11.4 Å². The Kier molecular flexibility index (Phi) is 5.35. The van der Waals surface area contributed by atoms with Gasteiger partial charge >= 0.3 is 0 Å². The van der Waals surface area contributed by atoms with E-state index in [1.54, 1.807) is 14.0 Å². The molecular weight excluding hydrogens is 246 g/mol. The zero-order chi connectivity index (χ0) is 14.4. The van der Waals surface area contributed by atoms with E-state index in [2.05, 4.69) is 15.7 Å². The number of hydrogen-bond acceptors (Lipinski definition) is 4. The number of carbonyl (C=O) groups is 2. The average Bonchev–Trinajstić information content (AvgIpc) is 2.60. The molecule has 0 atom stereocenters. The number of hydrogen-bond donors (Lipinski definition) is 3. The number of nitrogens with one attached hydrogen (secondary N) is 2. The second-order valence-corrected chi connectivity index (χ2v) is 4.33. The van der Waals surface area contributed by atoms with Gasteiger partial charge in [-0.2, -0.15) is 5.10 Å². The van der Waals surface area contributed by atoms with Gasteiger partial charge in [-0.1, -0.05) is 6.92 Å². The fourth-order valence-electron chi connectivity index (χ4n) is 1.67. The van der Waals surface area contributed by atoms with Crippen LogP contribution in [0.3, 0.4) is 0 Å². The molecule has 1 aromatic heterocycles. The minimum Gasteiger partial charge on any atom is -0.395 e. The maximum atomic E-state index is 11.9. The number of rotatable bonds is 6. The van der Waals surface area contributed by atoms with E-state index < -0.39 is 0 Å². The Morgan fingerprint density at radius 2 is 2.00 bits per heavy atom. The highest BCUT2D eigenvalue weighted by molar-refractivity contribution is 5.98. The summed E-state index contributed by atoms with van der Waals surface area (Å²) < 4.78 is 1.44. The van der Waals surface area contributed by atoms with Crippen LogP contribution in [0.25, 0.3) is 0 Å². The van der Waals surface area contributed by atoms with E-state index in [0.717, 1.165) is 6.42 Å². The van der Waals surface area contributed by atoms with Gasteiger partial charge in [-0.15, -0.1) is 0 Å². The third-order valence-electron chi connectivity index (χ3n) is 2.69. The number of anilines is 1. The predicted molar refractivity (Wildman–Crippen MR) is 72.6 cm³/mol. The summed E-state index contributed by atoms with van der Waals surface area (Å²) in [4.78, 5) is 23.3. The number of nitrogen functional groups attached to an aromatic ring is 1. The zero-order valence-electron chi connectivity index (χ0n) is 11.6. The molecule has 7 nitrogen and oxygen atoms in total. The van der Waals surface area contributed by atoms with Crippen molar-refractivity contribution < 1.29 is 9.59 Å². The number of carbonyl (C=O) groups excluding carboxylic acids is 2. The molecule has 1 aromatic rings. The molecule has 4 N–H and O–H groups in total. The summed E-state index contributed by atoms with van der Waals surface area (Å²) in [5.74, 6) is -0.389. The molecule has 1 rings (SSSR count). The van der Waals surface area contributed by atoms with Gasteiger partial charge in [0, 0.05) is 26.6 Å². The molecule has 0 fully saturated rings. The highest BCUT2D eigenvalue weighted by Crippen LogP contribution is 2.14. The van der Waals surface area contributed by atoms with Crippen LogP contribution in [0.1, 0.15) is 35.9 Å². The van der Waals surface area contributed by atoms with Gasteiger partial charge < -0.3 is 16.4 Å². The summed E-state index contributed by atoms with van der Waals surface area (Å²) in [7, 11) is 1.66. The molecule has 0 bridgehead atoms. The lowest BCUT2D eigenvalue weighted by molar-refractivity contribution is -0.120. The van der Waals surface area contributed by atoms with Crippen LogP contribution in [-0.2, 0) is 11.8 Å². The molecule has 1 heterocycles. The van der Waals surface area contributed by atoms with Gasteiger partial charge in [0.2, 0.25) is 5.91 Å². The molecule has 0 aromatic carbocycles. The van der Waals surface area contributed by atoms with E-state index in [9.17, 15) is 9.59 Å². The number of aromatic nitrogens is 2. The summed E-state index contributed by atoms with van der Waals surface area (Å²) in [5, 5.41) is 9.47. The van der Waals surface area contributed by atoms with Crippen molar-refractivity contribution >= 4 is 17.5 Å². The first-order valence-electron chi connectivity index (χ1n) is 6.31. The SMILES string of the molecule is CCCNC(=O)CCNC(=O)c1c(N)c(C)nn1C. The van der Waals surface area contributed by atoms with Crippen molar-refractivity contribution in [2.24, 2.45) is 7.05 Å². The van der Waals surface area contributed by atoms with Gasteiger partial charge in [0.15, 0.2) is 0 Å². The Bertz CT molecular complexity index is 467. The predicted octanol–water partition coefficient (Wildman–Crippen LogP) is -0.0432. The summed E-state index contributed by atoms with van der Waals surface area (Å²) in [6, 6.07) is 0. The van der Waals surface area contributed by atoms with Crippen molar-refractivity contribution in [2.45, 2.75) is 26.7 Å². The highest BCUT2D eigenvalue weighted by Gasteiger charge is 2.17. The van der Waals surface area contributed by atoms with E-state index >= 15 is 0 Å². The lowest BCUT2D eigenvalue weighted by atomic mass is 10.3. The minimum atomic E-state index is -0.316. The van der Waals surface area contributed by atoms with E-state index in [1.807, 2.05) is 6.92 Å². The Morgan fingerprint density at radius 1 is 1.32 bits per heavy atom. The number of aryl methyl sites for hydroxylation is 2. The second kappa shape index (κ2) is 6.77. The summed E-state index contributed by atoms with van der Waals surface area (Å²) >= 11 is 0. The molecular formula is C12H21N5O2. The summed E-state index contributed by atoms with van der Waals surface area (Å²) in [6.45, 7) is 4.65. The molecule has 0 aliphatic rings. The first kappa shape index (κ1) is 15.0. The standard InChI is InChI=1S/C12H21N5O2/c1-4-6-14-9(18)5-7-15-12(19)11-10(13)8(2)16-17(11)3/h4-7,13H2,1-3H3,(H,14,18)(H,15,19). The van der Waals surface area contributed by atoms with Crippen LogP contribution >= 0.6 is 0 Å². The van der Waals surface area contributed by atoms with E-state index in [0.29, 0.717) is 23.6 Å². The Morgan fingerprint density at radius 3 is 2.53 bits per heavy atom. The van der Waals surface area contributed by atoms with Crippen LogP contribution in [0, 0.1) is 6.92 Å². The largest absolute Gasteiger partial charge is 0.395 e. The number of nitrogens with two attached hydrogens (primary N) is 1. The molecule has 0 spiro atoms. The van der Waals surface area contributed by atoms with E-state index in [4.69, 9.17) is 5.73 Å². The number of nitrogens with zero attached hydrogens (tertiary/aromatic N) is 2. The van der Waals surface area contributed by atoms with Crippen molar-refractivity contribution in [3.05, 3.63) is 11.4 Å². The molecule has 7 heteroatoms. The van der Waals surface area contributed by atoms with Gasteiger partial charge in [-0.25, -0.2) is 0 Å². The number of amides is 2.